The molecule has 0 aliphatic carbocycles. The normalized spacial score (nSPS) is 29.2. The highest BCUT2D eigenvalue weighted by Crippen LogP contribution is 2.26. The minimum atomic E-state index is -0.990. The fraction of sp³-hybridized carbons (Fsp3) is 0.714. The third kappa shape index (κ3) is 2.96. The van der Waals surface area contributed by atoms with Crippen molar-refractivity contribution in [3.05, 3.63) is 12.4 Å². The molecule has 1 aromatic heterocycles. The lowest BCUT2D eigenvalue weighted by Crippen LogP contribution is -2.53. The van der Waals surface area contributed by atoms with E-state index in [9.17, 15) is 14.7 Å². The van der Waals surface area contributed by atoms with E-state index in [-0.39, 0.29) is 30.7 Å². The standard InChI is InChI=1S/C14H21N5O3/c1-17-8-11(7-12(17)20)13(21)18-5-2-3-14(22,9-18)10-19-6-4-15-16-19/h4,6,11,22H,2-3,5,7-10H2,1H3. The van der Waals surface area contributed by atoms with Crippen molar-refractivity contribution in [1.29, 1.82) is 0 Å². The highest BCUT2D eigenvalue weighted by Gasteiger charge is 2.40. The number of β-amino-alcohol motifs (C(OH)–C–C–N with tert-alkyl or cyclic N) is 1. The molecule has 0 spiro atoms. The lowest BCUT2D eigenvalue weighted by Gasteiger charge is -2.39. The first-order valence-corrected chi connectivity index (χ1v) is 7.56. The first-order valence-electron chi connectivity index (χ1n) is 7.56. The largest absolute Gasteiger partial charge is 0.386 e. The molecule has 3 rings (SSSR count). The lowest BCUT2D eigenvalue weighted by molar-refractivity contribution is -0.143. The van der Waals surface area contributed by atoms with E-state index < -0.39 is 5.60 Å². The maximum atomic E-state index is 12.6. The van der Waals surface area contributed by atoms with Crippen LogP contribution in [0.5, 0.6) is 0 Å². The van der Waals surface area contributed by atoms with Gasteiger partial charge in [0.2, 0.25) is 11.8 Å². The second-order valence-electron chi connectivity index (χ2n) is 6.36. The number of carbonyl (C=O) groups is 2. The smallest absolute Gasteiger partial charge is 0.228 e. The number of piperidine rings is 1. The van der Waals surface area contributed by atoms with Gasteiger partial charge in [0.05, 0.1) is 25.2 Å². The third-order valence-corrected chi connectivity index (χ3v) is 4.49. The summed E-state index contributed by atoms with van der Waals surface area (Å²) < 4.78 is 1.58. The van der Waals surface area contributed by atoms with Crippen LogP contribution in [0.15, 0.2) is 12.4 Å². The minimum Gasteiger partial charge on any atom is -0.386 e. The Morgan fingerprint density at radius 1 is 1.55 bits per heavy atom. The van der Waals surface area contributed by atoms with Crippen LogP contribution in [0.3, 0.4) is 0 Å². The summed E-state index contributed by atoms with van der Waals surface area (Å²) in [7, 11) is 1.72. The molecule has 2 amide bonds. The second kappa shape index (κ2) is 5.68. The van der Waals surface area contributed by atoms with E-state index in [1.54, 1.807) is 33.9 Å². The molecule has 120 valence electrons. The number of amides is 2. The van der Waals surface area contributed by atoms with Crippen LogP contribution in [0.2, 0.25) is 0 Å². The highest BCUT2D eigenvalue weighted by molar-refractivity contribution is 5.89. The molecule has 2 saturated heterocycles. The zero-order valence-corrected chi connectivity index (χ0v) is 12.7. The number of nitrogens with zero attached hydrogens (tertiary/aromatic N) is 5. The molecule has 1 aromatic rings. The van der Waals surface area contributed by atoms with E-state index in [4.69, 9.17) is 0 Å². The number of rotatable bonds is 3. The van der Waals surface area contributed by atoms with E-state index in [0.717, 1.165) is 6.42 Å². The topological polar surface area (TPSA) is 91.6 Å². The Labute approximate surface area is 128 Å². The van der Waals surface area contributed by atoms with Gasteiger partial charge in [-0.1, -0.05) is 5.21 Å². The summed E-state index contributed by atoms with van der Waals surface area (Å²) in [5.41, 5.74) is -0.990. The number of hydrogen-bond donors (Lipinski definition) is 1. The lowest BCUT2D eigenvalue weighted by atomic mass is 9.91. The van der Waals surface area contributed by atoms with E-state index in [1.165, 1.54) is 0 Å². The SMILES string of the molecule is CN1CC(C(=O)N2CCCC(O)(Cn3ccnn3)C2)CC1=O. The van der Waals surface area contributed by atoms with Crippen LogP contribution in [0.1, 0.15) is 19.3 Å². The molecule has 8 heteroatoms. The molecule has 0 saturated carbocycles. The Balaban J connectivity index is 1.65. The number of carbonyl (C=O) groups excluding carboxylic acids is 2. The van der Waals surface area contributed by atoms with Crippen LogP contribution in [0.4, 0.5) is 0 Å². The van der Waals surface area contributed by atoms with Crippen molar-refractivity contribution in [3.63, 3.8) is 0 Å². The van der Waals surface area contributed by atoms with Gasteiger partial charge in [0.25, 0.3) is 0 Å². The third-order valence-electron chi connectivity index (χ3n) is 4.49. The van der Waals surface area contributed by atoms with E-state index in [1.807, 2.05) is 0 Å². The fourth-order valence-corrected chi connectivity index (χ4v) is 3.34. The van der Waals surface area contributed by atoms with E-state index >= 15 is 0 Å². The molecule has 0 aromatic carbocycles. The number of hydrogen-bond acceptors (Lipinski definition) is 5. The predicted octanol–water partition coefficient (Wildman–Crippen LogP) is -0.890. The van der Waals surface area contributed by atoms with Gasteiger partial charge < -0.3 is 14.9 Å². The van der Waals surface area contributed by atoms with Crippen molar-refractivity contribution in [3.8, 4) is 0 Å². The molecule has 2 fully saturated rings. The Morgan fingerprint density at radius 2 is 2.36 bits per heavy atom. The van der Waals surface area contributed by atoms with Gasteiger partial charge in [-0.05, 0) is 12.8 Å². The van der Waals surface area contributed by atoms with Crippen molar-refractivity contribution < 1.29 is 14.7 Å². The summed E-state index contributed by atoms with van der Waals surface area (Å²) in [4.78, 5) is 27.5. The van der Waals surface area contributed by atoms with Gasteiger partial charge in [-0.15, -0.1) is 5.10 Å². The molecule has 2 aliphatic heterocycles. The van der Waals surface area contributed by atoms with Crippen LogP contribution >= 0.6 is 0 Å². The fourth-order valence-electron chi connectivity index (χ4n) is 3.34. The van der Waals surface area contributed by atoms with Crippen LogP contribution in [0.25, 0.3) is 0 Å². The molecular weight excluding hydrogens is 286 g/mol. The van der Waals surface area contributed by atoms with Crippen molar-refractivity contribution in [1.82, 2.24) is 24.8 Å². The molecule has 2 aliphatic rings. The maximum absolute atomic E-state index is 12.6. The summed E-state index contributed by atoms with van der Waals surface area (Å²) in [5.74, 6) is -0.311. The van der Waals surface area contributed by atoms with Gasteiger partial charge in [0.1, 0.15) is 5.60 Å². The summed E-state index contributed by atoms with van der Waals surface area (Å²) in [5, 5.41) is 18.4. The molecule has 8 nitrogen and oxygen atoms in total. The minimum absolute atomic E-state index is 0.00763. The van der Waals surface area contributed by atoms with Gasteiger partial charge in [0, 0.05) is 32.8 Å². The summed E-state index contributed by atoms with van der Waals surface area (Å²) in [6.07, 6.45) is 4.90. The monoisotopic (exact) mass is 307 g/mol. The Hall–Kier alpha value is -1.96. The number of aromatic nitrogens is 3. The quantitative estimate of drug-likeness (QED) is 0.782. The second-order valence-corrected chi connectivity index (χ2v) is 6.36. The molecule has 0 bridgehead atoms. The highest BCUT2D eigenvalue weighted by atomic mass is 16.3. The Bertz CT molecular complexity index is 561. The summed E-state index contributed by atoms with van der Waals surface area (Å²) in [6.45, 7) is 1.70. The van der Waals surface area contributed by atoms with Gasteiger partial charge >= 0.3 is 0 Å². The molecule has 2 unspecified atom stereocenters. The first-order chi connectivity index (χ1) is 10.5. The van der Waals surface area contributed by atoms with Gasteiger partial charge in [-0.2, -0.15) is 0 Å². The summed E-state index contributed by atoms with van der Waals surface area (Å²) in [6, 6.07) is 0. The van der Waals surface area contributed by atoms with E-state index in [2.05, 4.69) is 10.3 Å². The molecule has 3 heterocycles. The molecule has 22 heavy (non-hydrogen) atoms. The van der Waals surface area contributed by atoms with E-state index in [0.29, 0.717) is 26.1 Å². The molecular formula is C14H21N5O3. The molecule has 1 N–H and O–H groups in total. The van der Waals surface area contributed by atoms with Crippen LogP contribution in [0, 0.1) is 5.92 Å². The molecule has 2 atom stereocenters. The summed E-state index contributed by atoms with van der Waals surface area (Å²) >= 11 is 0. The van der Waals surface area contributed by atoms with Gasteiger partial charge in [-0.3, -0.25) is 9.59 Å². The molecule has 0 radical (unpaired) electrons. The van der Waals surface area contributed by atoms with Crippen LogP contribution in [-0.2, 0) is 16.1 Å². The number of aliphatic hydroxyl groups is 1. The Morgan fingerprint density at radius 3 is 3.00 bits per heavy atom. The zero-order valence-electron chi connectivity index (χ0n) is 12.7. The van der Waals surface area contributed by atoms with Crippen molar-refractivity contribution in [2.45, 2.75) is 31.4 Å². The predicted molar refractivity (Wildman–Crippen MR) is 76.5 cm³/mol. The number of likely N-dealkylation sites (tertiary alicyclic amines) is 2. The first kappa shape index (κ1) is 15.0. The van der Waals surface area contributed by atoms with Crippen molar-refractivity contribution in [2.24, 2.45) is 5.92 Å². The maximum Gasteiger partial charge on any atom is 0.228 e. The average Bonchev–Trinajstić information content (AvgIpc) is 3.08. The zero-order chi connectivity index (χ0) is 15.7. The van der Waals surface area contributed by atoms with Crippen LogP contribution in [-0.4, -0.2) is 74.0 Å². The van der Waals surface area contributed by atoms with Gasteiger partial charge in [0.15, 0.2) is 0 Å². The van der Waals surface area contributed by atoms with Crippen LogP contribution < -0.4 is 0 Å². The van der Waals surface area contributed by atoms with Crippen molar-refractivity contribution in [2.75, 3.05) is 26.7 Å². The average molecular weight is 307 g/mol. The van der Waals surface area contributed by atoms with Crippen molar-refractivity contribution >= 4 is 11.8 Å². The van der Waals surface area contributed by atoms with Gasteiger partial charge in [-0.25, -0.2) is 4.68 Å². The Kier molecular flexibility index (Phi) is 3.86.